The van der Waals surface area contributed by atoms with Gasteiger partial charge in [0.25, 0.3) is 5.56 Å². The van der Waals surface area contributed by atoms with Gasteiger partial charge in [-0.25, -0.2) is 4.98 Å². The Bertz CT molecular complexity index is 1510. The van der Waals surface area contributed by atoms with E-state index in [0.717, 1.165) is 16.5 Å². The van der Waals surface area contributed by atoms with Crippen LogP contribution in [0.2, 0.25) is 5.02 Å². The zero-order chi connectivity index (χ0) is 26.5. The molecule has 0 saturated carbocycles. The summed E-state index contributed by atoms with van der Waals surface area (Å²) >= 11 is 13.7. The molecule has 4 aromatic rings. The highest BCUT2D eigenvalue weighted by Crippen LogP contribution is 2.42. The van der Waals surface area contributed by atoms with E-state index in [1.54, 1.807) is 18.3 Å². The Morgan fingerprint density at radius 1 is 1.11 bits per heavy atom. The number of aromatic nitrogens is 2. The van der Waals surface area contributed by atoms with Gasteiger partial charge in [-0.05, 0) is 59.1 Å². The number of nitrogens with zero attached hydrogens (tertiary/aromatic N) is 3. The van der Waals surface area contributed by atoms with Crippen LogP contribution in [0.1, 0.15) is 50.1 Å². The van der Waals surface area contributed by atoms with Gasteiger partial charge in [-0.15, -0.1) is 0 Å². The molecule has 0 bridgehead atoms. The number of rotatable bonds is 9. The van der Waals surface area contributed by atoms with Crippen molar-refractivity contribution in [2.24, 2.45) is 5.10 Å². The third-order valence-electron chi connectivity index (χ3n) is 5.88. The fraction of sp³-hybridized carbons (Fsp3) is 0.250. The van der Waals surface area contributed by atoms with Crippen LogP contribution in [0.15, 0.2) is 73.4 Å². The van der Waals surface area contributed by atoms with Crippen molar-refractivity contribution in [3.05, 3.63) is 95.9 Å². The van der Waals surface area contributed by atoms with Gasteiger partial charge in [0.1, 0.15) is 17.5 Å². The molecule has 6 nitrogen and oxygen atoms in total. The van der Waals surface area contributed by atoms with Crippen molar-refractivity contribution in [1.82, 2.24) is 9.66 Å². The van der Waals surface area contributed by atoms with Crippen molar-refractivity contribution in [3.8, 4) is 11.5 Å². The minimum Gasteiger partial charge on any atom is -0.490 e. The van der Waals surface area contributed by atoms with Gasteiger partial charge >= 0.3 is 0 Å². The molecule has 1 heterocycles. The first-order chi connectivity index (χ1) is 17.8. The van der Waals surface area contributed by atoms with Crippen LogP contribution in [0.5, 0.6) is 11.5 Å². The van der Waals surface area contributed by atoms with Crippen LogP contribution in [0.25, 0.3) is 10.9 Å². The summed E-state index contributed by atoms with van der Waals surface area (Å²) < 4.78 is 14.6. The molecule has 0 aliphatic heterocycles. The van der Waals surface area contributed by atoms with Gasteiger partial charge in [-0.3, -0.25) is 4.79 Å². The molecule has 0 saturated heterocycles. The van der Waals surface area contributed by atoms with E-state index >= 15 is 0 Å². The van der Waals surface area contributed by atoms with E-state index in [-0.39, 0.29) is 11.5 Å². The summed E-state index contributed by atoms with van der Waals surface area (Å²) in [5.41, 5.74) is 2.04. The van der Waals surface area contributed by atoms with Crippen molar-refractivity contribution in [2.45, 2.75) is 39.7 Å². The van der Waals surface area contributed by atoms with E-state index in [1.165, 1.54) is 4.68 Å². The van der Waals surface area contributed by atoms with Crippen LogP contribution in [0.4, 0.5) is 0 Å². The zero-order valence-electron chi connectivity index (χ0n) is 20.7. The molecule has 0 aliphatic rings. The third kappa shape index (κ3) is 6.08. The largest absolute Gasteiger partial charge is 0.490 e. The first kappa shape index (κ1) is 27.4. The van der Waals surface area contributed by atoms with Gasteiger partial charge < -0.3 is 9.47 Å². The van der Waals surface area contributed by atoms with Crippen molar-refractivity contribution < 1.29 is 9.47 Å². The van der Waals surface area contributed by atoms with Crippen molar-refractivity contribution in [2.75, 3.05) is 6.61 Å². The number of benzene rings is 3. The summed E-state index contributed by atoms with van der Waals surface area (Å²) in [6.45, 7) is 6.73. The van der Waals surface area contributed by atoms with E-state index < -0.39 is 0 Å². The fourth-order valence-electron chi connectivity index (χ4n) is 3.72. The molecule has 9 heteroatoms. The lowest BCUT2D eigenvalue weighted by Crippen LogP contribution is -2.23. The molecular formula is C28H26Br2ClN3O3. The maximum Gasteiger partial charge on any atom is 0.282 e. The summed E-state index contributed by atoms with van der Waals surface area (Å²) in [5, 5.41) is 5.41. The van der Waals surface area contributed by atoms with Gasteiger partial charge in [0.2, 0.25) is 0 Å². The van der Waals surface area contributed by atoms with Crippen LogP contribution in [0.3, 0.4) is 0 Å². The highest BCUT2D eigenvalue weighted by atomic mass is 79.9. The van der Waals surface area contributed by atoms with Crippen LogP contribution in [-0.2, 0) is 6.61 Å². The molecule has 4 rings (SSSR count). The summed E-state index contributed by atoms with van der Waals surface area (Å²) in [6.07, 6.45) is 2.39. The Labute approximate surface area is 237 Å². The van der Waals surface area contributed by atoms with E-state index in [2.05, 4.69) is 43.9 Å². The molecule has 0 fully saturated rings. The van der Waals surface area contributed by atoms with Crippen molar-refractivity contribution in [3.63, 3.8) is 0 Å². The quantitative estimate of drug-likeness (QED) is 0.173. The third-order valence-corrected chi connectivity index (χ3v) is 7.82. The highest BCUT2D eigenvalue weighted by Gasteiger charge is 2.19. The van der Waals surface area contributed by atoms with Crippen LogP contribution >= 0.6 is 43.5 Å². The topological polar surface area (TPSA) is 65.7 Å². The Hall–Kier alpha value is -2.68. The average Bonchev–Trinajstić information content (AvgIpc) is 2.91. The van der Waals surface area contributed by atoms with Crippen molar-refractivity contribution in [1.29, 1.82) is 0 Å². The molecule has 0 spiro atoms. The van der Waals surface area contributed by atoms with Gasteiger partial charge in [0.15, 0.2) is 11.5 Å². The number of fused-ring (bicyclic) bond motifs is 1. The molecule has 1 aromatic heterocycles. The molecule has 0 amide bonds. The van der Waals surface area contributed by atoms with Crippen LogP contribution in [0, 0.1) is 0 Å². The normalized spacial score (nSPS) is 12.3. The monoisotopic (exact) mass is 645 g/mol. The molecule has 0 N–H and O–H groups in total. The molecule has 37 heavy (non-hydrogen) atoms. The standard InChI is InChI=1S/C28H26Br2ClN3O3/c1-4-17(3)27-33-22-12-11-20(29)14-21(22)28(35)34(27)32-15-19-13-23(36-5-2)26(25(31)24(19)30)37-16-18-9-7-6-8-10-18/h6-15,17H,4-5,16H2,1-3H3/t17-/m0/s1. The van der Waals surface area contributed by atoms with E-state index in [0.29, 0.717) is 56.5 Å². The maximum atomic E-state index is 13.4. The summed E-state index contributed by atoms with van der Waals surface area (Å²) in [5.74, 6) is 1.54. The predicted molar refractivity (Wildman–Crippen MR) is 156 cm³/mol. The Morgan fingerprint density at radius 3 is 2.57 bits per heavy atom. The second-order valence-corrected chi connectivity index (χ2v) is 10.5. The first-order valence-corrected chi connectivity index (χ1v) is 13.9. The van der Waals surface area contributed by atoms with Crippen molar-refractivity contribution >= 4 is 60.6 Å². The number of hydrogen-bond acceptors (Lipinski definition) is 5. The van der Waals surface area contributed by atoms with E-state index in [1.807, 2.05) is 56.3 Å². The lowest BCUT2D eigenvalue weighted by Gasteiger charge is -2.16. The Kier molecular flexibility index (Phi) is 9.05. The van der Waals surface area contributed by atoms with Crippen LogP contribution < -0.4 is 15.0 Å². The predicted octanol–water partition coefficient (Wildman–Crippen LogP) is 7.95. The second kappa shape index (κ2) is 12.2. The van der Waals surface area contributed by atoms with Gasteiger partial charge in [-0.2, -0.15) is 9.78 Å². The smallest absolute Gasteiger partial charge is 0.282 e. The molecule has 3 aromatic carbocycles. The molecular weight excluding hydrogens is 622 g/mol. The Morgan fingerprint density at radius 2 is 1.86 bits per heavy atom. The average molecular weight is 648 g/mol. The molecule has 0 radical (unpaired) electrons. The number of halogens is 3. The number of ether oxygens (including phenoxy) is 2. The molecule has 192 valence electrons. The van der Waals surface area contributed by atoms with Crippen LogP contribution in [-0.4, -0.2) is 22.5 Å². The SMILES string of the molecule is CCOc1cc(C=Nn2c([C@@H](C)CC)nc3ccc(Br)cc3c2=O)c(Br)c(Cl)c1OCc1ccccc1. The lowest BCUT2D eigenvalue weighted by molar-refractivity contribution is 0.269. The highest BCUT2D eigenvalue weighted by molar-refractivity contribution is 9.10. The molecule has 0 aliphatic carbocycles. The lowest BCUT2D eigenvalue weighted by atomic mass is 10.1. The molecule has 0 unspecified atom stereocenters. The van der Waals surface area contributed by atoms with Gasteiger partial charge in [-0.1, -0.05) is 71.7 Å². The first-order valence-electron chi connectivity index (χ1n) is 11.9. The maximum absolute atomic E-state index is 13.4. The minimum absolute atomic E-state index is 0.0256. The van der Waals surface area contributed by atoms with E-state index in [4.69, 9.17) is 26.1 Å². The minimum atomic E-state index is -0.243. The van der Waals surface area contributed by atoms with Gasteiger partial charge in [0.05, 0.1) is 23.7 Å². The molecule has 1 atom stereocenters. The summed E-state index contributed by atoms with van der Waals surface area (Å²) in [7, 11) is 0. The number of hydrogen-bond donors (Lipinski definition) is 0. The van der Waals surface area contributed by atoms with Gasteiger partial charge in [0, 0.05) is 20.4 Å². The fourth-order valence-corrected chi connectivity index (χ4v) is 4.74. The zero-order valence-corrected chi connectivity index (χ0v) is 24.6. The summed E-state index contributed by atoms with van der Waals surface area (Å²) in [6, 6.07) is 17.1. The summed E-state index contributed by atoms with van der Waals surface area (Å²) in [4.78, 5) is 18.2. The Balaban J connectivity index is 1.77. The van der Waals surface area contributed by atoms with E-state index in [9.17, 15) is 4.79 Å². The second-order valence-electron chi connectivity index (χ2n) is 8.43.